The Morgan fingerprint density at radius 1 is 0.963 bits per heavy atom. The Morgan fingerprint density at radius 3 is 2.11 bits per heavy atom. The molecule has 2 unspecified atom stereocenters. The van der Waals surface area contributed by atoms with Crippen molar-refractivity contribution in [2.24, 2.45) is 11.8 Å². The second kappa shape index (κ2) is 11.0. The maximum Gasteiger partial charge on any atom is 0.101 e. The maximum atomic E-state index is 11.5. The van der Waals surface area contributed by atoms with Gasteiger partial charge in [-0.3, -0.25) is 0 Å². The van der Waals surface area contributed by atoms with Crippen molar-refractivity contribution in [3.05, 3.63) is 0 Å². The van der Waals surface area contributed by atoms with Crippen LogP contribution in [0.5, 0.6) is 0 Å². The summed E-state index contributed by atoms with van der Waals surface area (Å²) in [5, 5.41) is 22.8. The summed E-state index contributed by atoms with van der Waals surface area (Å²) in [7, 11) is 0. The van der Waals surface area contributed by atoms with E-state index in [1.807, 2.05) is 0 Å². The molecule has 0 radical (unpaired) electrons. The fraction of sp³-hybridized carbons (Fsp3) is 0.905. The van der Waals surface area contributed by atoms with Crippen LogP contribution in [-0.2, 0) is 19.1 Å². The monoisotopic (exact) mass is 382 g/mol. The van der Waals surface area contributed by atoms with Crippen LogP contribution in [0.3, 0.4) is 0 Å². The first-order valence-electron chi connectivity index (χ1n) is 10.7. The molecule has 2 saturated heterocycles. The van der Waals surface area contributed by atoms with E-state index >= 15 is 0 Å². The number of carbonyl (C=O) groups is 2. The molecule has 0 aromatic heterocycles. The van der Waals surface area contributed by atoms with E-state index in [4.69, 9.17) is 9.47 Å². The van der Waals surface area contributed by atoms with Crippen molar-refractivity contribution in [3.63, 3.8) is 0 Å². The second-order valence-electron chi connectivity index (χ2n) is 8.14. The van der Waals surface area contributed by atoms with Crippen molar-refractivity contribution >= 4 is 11.9 Å². The van der Waals surface area contributed by atoms with Gasteiger partial charge in [-0.05, 0) is 19.3 Å². The van der Waals surface area contributed by atoms with Gasteiger partial charge in [-0.15, -0.1) is 0 Å². The highest BCUT2D eigenvalue weighted by Gasteiger charge is 2.60. The Bertz CT molecular complexity index is 479. The average Bonchev–Trinajstić information content (AvgIpc) is 3.19. The highest BCUT2D eigenvalue weighted by Crippen LogP contribution is 2.51. The number of carbonyl (C=O) groups excluding carboxylic acids is 2. The van der Waals surface area contributed by atoms with Gasteiger partial charge < -0.3 is 29.3 Å². The lowest BCUT2D eigenvalue weighted by Crippen LogP contribution is -2.54. The summed E-state index contributed by atoms with van der Waals surface area (Å²) >= 11 is 0. The van der Waals surface area contributed by atoms with Gasteiger partial charge in [-0.1, -0.05) is 64.7 Å². The van der Waals surface area contributed by atoms with Gasteiger partial charge in [-0.2, -0.15) is 0 Å². The predicted molar refractivity (Wildman–Crippen MR) is 96.5 cm³/mol. The summed E-state index contributed by atoms with van der Waals surface area (Å²) < 4.78 is 11.4. The smallest absolute Gasteiger partial charge is 0.101 e. The lowest BCUT2D eigenvalue weighted by atomic mass is 9.72. The summed E-state index contributed by atoms with van der Waals surface area (Å²) in [6.45, 7) is 2.89. The number of rotatable bonds is 15. The molecule has 2 bridgehead atoms. The molecule has 0 spiro atoms. The molecule has 0 N–H and O–H groups in total. The molecule has 2 heterocycles. The molecular formula is C21H34O6-2. The highest BCUT2D eigenvalue weighted by atomic mass is 16.6. The standard InChI is InChI=1S/C21H36O6/c1-2-3-4-5-6-7-8-9-10-11-14-26-15-21-13-12-16(27-21)17(19(22)23)18(21)20(24)25/h16-18H,2-15H2,1H3,(H,22,23)(H,24,25)/p-2/t16-,17?,18?,21-/m1/s1. The number of aliphatic carboxylic acids is 2. The Morgan fingerprint density at radius 2 is 1.56 bits per heavy atom. The minimum Gasteiger partial charge on any atom is -0.550 e. The molecule has 6 nitrogen and oxygen atoms in total. The van der Waals surface area contributed by atoms with Crippen LogP contribution in [0.15, 0.2) is 0 Å². The van der Waals surface area contributed by atoms with Crippen molar-refractivity contribution in [3.8, 4) is 0 Å². The minimum atomic E-state index is -1.38. The van der Waals surface area contributed by atoms with Crippen LogP contribution in [0.4, 0.5) is 0 Å². The van der Waals surface area contributed by atoms with Crippen LogP contribution in [0, 0.1) is 11.8 Å². The minimum absolute atomic E-state index is 0.114. The third-order valence-electron chi connectivity index (χ3n) is 6.08. The summed E-state index contributed by atoms with van der Waals surface area (Å²) in [5.41, 5.74) is -1.06. The van der Waals surface area contributed by atoms with E-state index in [0.717, 1.165) is 12.8 Å². The molecule has 2 aliphatic rings. The molecule has 0 aromatic rings. The molecule has 156 valence electrons. The van der Waals surface area contributed by atoms with Crippen LogP contribution < -0.4 is 10.2 Å². The topological polar surface area (TPSA) is 98.7 Å². The molecule has 0 aromatic carbocycles. The Labute approximate surface area is 162 Å². The quantitative estimate of drug-likeness (QED) is 0.399. The van der Waals surface area contributed by atoms with E-state index < -0.39 is 35.5 Å². The molecule has 0 amide bonds. The molecule has 4 atom stereocenters. The number of hydrogen-bond donors (Lipinski definition) is 0. The number of carboxylic acids is 2. The maximum absolute atomic E-state index is 11.5. The Kier molecular flexibility index (Phi) is 9.03. The molecule has 2 fully saturated rings. The van der Waals surface area contributed by atoms with Gasteiger partial charge in [0.2, 0.25) is 0 Å². The molecule has 0 aliphatic carbocycles. The molecular weight excluding hydrogens is 348 g/mol. The predicted octanol–water partition coefficient (Wildman–Crippen LogP) is 1.59. The number of ether oxygens (including phenoxy) is 2. The van der Waals surface area contributed by atoms with E-state index in [9.17, 15) is 19.8 Å². The van der Waals surface area contributed by atoms with Gasteiger partial charge in [0.05, 0.1) is 12.7 Å². The zero-order chi connectivity index (χ0) is 19.7. The molecule has 0 saturated carbocycles. The lowest BCUT2D eigenvalue weighted by molar-refractivity contribution is -0.328. The van der Waals surface area contributed by atoms with Gasteiger partial charge >= 0.3 is 0 Å². The second-order valence-corrected chi connectivity index (χ2v) is 8.14. The summed E-state index contributed by atoms with van der Waals surface area (Å²) in [5.74, 6) is -5.07. The van der Waals surface area contributed by atoms with Gasteiger partial charge in [0.1, 0.15) is 5.60 Å². The third kappa shape index (κ3) is 5.92. The summed E-state index contributed by atoms with van der Waals surface area (Å²) in [6.07, 6.45) is 12.8. The SMILES string of the molecule is CCCCCCCCCCCCOC[C@@]12CC[C@@H](O1)C(C(=O)[O-])C2C(=O)[O-]. The normalized spacial score (nSPS) is 29.3. The number of fused-ring (bicyclic) bond motifs is 2. The Hall–Kier alpha value is -1.14. The average molecular weight is 382 g/mol. The van der Waals surface area contributed by atoms with Crippen LogP contribution in [0.2, 0.25) is 0 Å². The van der Waals surface area contributed by atoms with Gasteiger partial charge in [-0.25, -0.2) is 0 Å². The molecule has 6 heteroatoms. The first-order valence-corrected chi connectivity index (χ1v) is 10.7. The third-order valence-corrected chi connectivity index (χ3v) is 6.08. The zero-order valence-electron chi connectivity index (χ0n) is 16.6. The van der Waals surface area contributed by atoms with Gasteiger partial charge in [0, 0.05) is 30.4 Å². The van der Waals surface area contributed by atoms with Crippen LogP contribution in [-0.4, -0.2) is 36.9 Å². The van der Waals surface area contributed by atoms with Crippen LogP contribution in [0.1, 0.15) is 84.0 Å². The van der Waals surface area contributed by atoms with Gasteiger partial charge in [0.25, 0.3) is 0 Å². The number of unbranched alkanes of at least 4 members (excludes halogenated alkanes) is 9. The molecule has 2 aliphatic heterocycles. The van der Waals surface area contributed by atoms with Crippen molar-refractivity contribution in [1.29, 1.82) is 0 Å². The first-order chi connectivity index (χ1) is 13.0. The first kappa shape index (κ1) is 22.2. The van der Waals surface area contributed by atoms with Gasteiger partial charge in [0.15, 0.2) is 0 Å². The van der Waals surface area contributed by atoms with Crippen molar-refractivity contribution < 1.29 is 29.3 Å². The van der Waals surface area contributed by atoms with E-state index in [0.29, 0.717) is 19.4 Å². The fourth-order valence-electron chi connectivity index (χ4n) is 4.61. The number of hydrogen-bond acceptors (Lipinski definition) is 6. The van der Waals surface area contributed by atoms with E-state index in [-0.39, 0.29) is 6.61 Å². The van der Waals surface area contributed by atoms with E-state index in [1.54, 1.807) is 0 Å². The van der Waals surface area contributed by atoms with Crippen molar-refractivity contribution in [2.45, 2.75) is 95.7 Å². The largest absolute Gasteiger partial charge is 0.550 e. The van der Waals surface area contributed by atoms with Crippen LogP contribution in [0.25, 0.3) is 0 Å². The zero-order valence-corrected chi connectivity index (χ0v) is 16.6. The lowest BCUT2D eigenvalue weighted by Gasteiger charge is -2.37. The van der Waals surface area contributed by atoms with Crippen LogP contribution >= 0.6 is 0 Å². The van der Waals surface area contributed by atoms with Crippen molar-refractivity contribution in [1.82, 2.24) is 0 Å². The summed E-state index contributed by atoms with van der Waals surface area (Å²) in [6, 6.07) is 0. The number of carboxylic acid groups (broad SMARTS) is 2. The molecule has 2 rings (SSSR count). The highest BCUT2D eigenvalue weighted by molar-refractivity contribution is 5.81. The summed E-state index contributed by atoms with van der Waals surface area (Å²) in [4.78, 5) is 22.8. The van der Waals surface area contributed by atoms with E-state index in [2.05, 4.69) is 6.92 Å². The van der Waals surface area contributed by atoms with E-state index in [1.165, 1.54) is 51.4 Å². The molecule has 27 heavy (non-hydrogen) atoms. The van der Waals surface area contributed by atoms with Crippen molar-refractivity contribution in [2.75, 3.05) is 13.2 Å². The Balaban J connectivity index is 1.59. The fourth-order valence-corrected chi connectivity index (χ4v) is 4.61.